The van der Waals surface area contributed by atoms with E-state index in [9.17, 15) is 13.6 Å². The second kappa shape index (κ2) is 7.33. The maximum absolute atomic E-state index is 13.9. The highest BCUT2D eigenvalue weighted by Gasteiger charge is 2.12. The molecule has 26 heavy (non-hydrogen) atoms. The first-order valence-electron chi connectivity index (χ1n) is 8.15. The van der Waals surface area contributed by atoms with Crippen molar-refractivity contribution in [3.8, 4) is 0 Å². The van der Waals surface area contributed by atoms with Crippen LogP contribution in [0, 0.1) is 30.1 Å². The zero-order valence-electron chi connectivity index (χ0n) is 14.5. The van der Waals surface area contributed by atoms with E-state index in [1.54, 1.807) is 6.07 Å². The average molecular weight is 372 g/mol. The molecule has 2 aromatic carbocycles. The first-order valence-corrected chi connectivity index (χ1v) is 8.56. The Morgan fingerprint density at radius 1 is 0.962 bits per heavy atom. The van der Waals surface area contributed by atoms with Crippen molar-refractivity contribution in [1.82, 2.24) is 9.13 Å². The Hall–Kier alpha value is -2.60. The van der Waals surface area contributed by atoms with Crippen LogP contribution in [0.15, 0.2) is 53.5 Å². The molecule has 0 radical (unpaired) electrons. The Labute approximate surface area is 155 Å². The van der Waals surface area contributed by atoms with E-state index in [0.29, 0.717) is 11.2 Å². The fourth-order valence-electron chi connectivity index (χ4n) is 3.02. The van der Waals surface area contributed by atoms with Gasteiger partial charge in [-0.05, 0) is 37.6 Å². The maximum atomic E-state index is 13.9. The van der Waals surface area contributed by atoms with Gasteiger partial charge in [0.2, 0.25) is 0 Å². The molecule has 3 rings (SSSR count). The first-order chi connectivity index (χ1) is 12.3. The van der Waals surface area contributed by atoms with Crippen molar-refractivity contribution in [1.29, 1.82) is 0 Å². The number of benzene rings is 2. The van der Waals surface area contributed by atoms with Gasteiger partial charge in [-0.15, -0.1) is 0 Å². The summed E-state index contributed by atoms with van der Waals surface area (Å²) in [5.74, 6) is -1.36. The minimum atomic E-state index is -0.680. The van der Waals surface area contributed by atoms with E-state index >= 15 is 0 Å². The SMILES string of the molecule is Cc1cc(C)cc(Cn2c(=S)ccn(Cc3c(F)cccc3F)c2=O)c1. The van der Waals surface area contributed by atoms with Crippen LogP contribution >= 0.6 is 12.2 Å². The molecule has 0 fully saturated rings. The Kier molecular flexibility index (Phi) is 5.13. The molecule has 134 valence electrons. The van der Waals surface area contributed by atoms with E-state index in [4.69, 9.17) is 12.2 Å². The van der Waals surface area contributed by atoms with Gasteiger partial charge in [0.05, 0.1) is 13.1 Å². The van der Waals surface area contributed by atoms with Crippen LogP contribution in [0.4, 0.5) is 8.78 Å². The number of nitrogens with zero attached hydrogens (tertiary/aromatic N) is 2. The van der Waals surface area contributed by atoms with Crippen LogP contribution in [0.3, 0.4) is 0 Å². The quantitative estimate of drug-likeness (QED) is 0.636. The van der Waals surface area contributed by atoms with Crippen LogP contribution < -0.4 is 5.69 Å². The van der Waals surface area contributed by atoms with Gasteiger partial charge in [0, 0.05) is 11.8 Å². The van der Waals surface area contributed by atoms with Gasteiger partial charge in [-0.2, -0.15) is 0 Å². The Bertz CT molecular complexity index is 1050. The third-order valence-corrected chi connectivity index (χ3v) is 4.51. The third-order valence-electron chi connectivity index (χ3n) is 4.15. The second-order valence-electron chi connectivity index (χ2n) is 6.35. The highest BCUT2D eigenvalue weighted by Crippen LogP contribution is 2.13. The Morgan fingerprint density at radius 2 is 1.58 bits per heavy atom. The number of hydrogen-bond donors (Lipinski definition) is 0. The average Bonchev–Trinajstić information content (AvgIpc) is 2.56. The summed E-state index contributed by atoms with van der Waals surface area (Å²) in [6.07, 6.45) is 1.47. The van der Waals surface area contributed by atoms with Crippen molar-refractivity contribution in [3.05, 3.63) is 97.7 Å². The summed E-state index contributed by atoms with van der Waals surface area (Å²) in [6, 6.07) is 11.3. The topological polar surface area (TPSA) is 26.9 Å². The van der Waals surface area contributed by atoms with Crippen LogP contribution in [-0.4, -0.2) is 9.13 Å². The summed E-state index contributed by atoms with van der Waals surface area (Å²) in [7, 11) is 0. The molecule has 0 atom stereocenters. The molecule has 0 spiro atoms. The summed E-state index contributed by atoms with van der Waals surface area (Å²) in [4.78, 5) is 12.8. The second-order valence-corrected chi connectivity index (χ2v) is 6.77. The van der Waals surface area contributed by atoms with E-state index in [-0.39, 0.29) is 12.1 Å². The first kappa shape index (κ1) is 18.2. The third kappa shape index (κ3) is 3.80. The van der Waals surface area contributed by atoms with Crippen molar-refractivity contribution in [3.63, 3.8) is 0 Å². The lowest BCUT2D eigenvalue weighted by Crippen LogP contribution is -2.32. The molecule has 1 heterocycles. The number of rotatable bonds is 4. The van der Waals surface area contributed by atoms with Crippen molar-refractivity contribution in [2.45, 2.75) is 26.9 Å². The summed E-state index contributed by atoms with van der Waals surface area (Å²) in [5.41, 5.74) is 2.59. The van der Waals surface area contributed by atoms with Crippen LogP contribution in [0.5, 0.6) is 0 Å². The van der Waals surface area contributed by atoms with E-state index in [1.165, 1.54) is 33.5 Å². The molecule has 6 heteroatoms. The lowest BCUT2D eigenvalue weighted by molar-refractivity contribution is 0.531. The largest absolute Gasteiger partial charge is 0.329 e. The van der Waals surface area contributed by atoms with Crippen molar-refractivity contribution in [2.24, 2.45) is 0 Å². The van der Waals surface area contributed by atoms with Gasteiger partial charge in [0.15, 0.2) is 0 Å². The normalized spacial score (nSPS) is 10.9. The maximum Gasteiger partial charge on any atom is 0.329 e. The predicted octanol–water partition coefficient (Wildman–Crippen LogP) is 4.37. The fourth-order valence-corrected chi connectivity index (χ4v) is 3.22. The Balaban J connectivity index is 2.02. The van der Waals surface area contributed by atoms with Crippen LogP contribution in [-0.2, 0) is 13.1 Å². The zero-order chi connectivity index (χ0) is 18.8. The van der Waals surface area contributed by atoms with Crippen molar-refractivity contribution in [2.75, 3.05) is 0 Å². The van der Waals surface area contributed by atoms with E-state index in [2.05, 4.69) is 0 Å². The van der Waals surface area contributed by atoms with Gasteiger partial charge in [-0.3, -0.25) is 9.13 Å². The Morgan fingerprint density at radius 3 is 2.19 bits per heavy atom. The van der Waals surface area contributed by atoms with Crippen molar-refractivity contribution >= 4 is 12.2 Å². The summed E-state index contributed by atoms with van der Waals surface area (Å²) in [5, 5.41) is 0. The molecule has 0 aliphatic heterocycles. The molecular weight excluding hydrogens is 354 g/mol. The van der Waals surface area contributed by atoms with Gasteiger partial charge in [0.1, 0.15) is 16.3 Å². The number of aromatic nitrogens is 2. The molecule has 3 nitrogen and oxygen atoms in total. The van der Waals surface area contributed by atoms with Crippen LogP contribution in [0.2, 0.25) is 0 Å². The molecule has 1 aromatic heterocycles. The summed E-state index contributed by atoms with van der Waals surface area (Å²) in [6.45, 7) is 4.08. The summed E-state index contributed by atoms with van der Waals surface area (Å²) < 4.78 is 30.9. The van der Waals surface area contributed by atoms with Crippen LogP contribution in [0.25, 0.3) is 0 Å². The molecule has 0 saturated heterocycles. The molecule has 3 aromatic rings. The fraction of sp³-hybridized carbons (Fsp3) is 0.200. The molecule has 0 saturated carbocycles. The number of hydrogen-bond acceptors (Lipinski definition) is 2. The molecule has 0 unspecified atom stereocenters. The number of halogens is 2. The molecule has 0 bridgehead atoms. The van der Waals surface area contributed by atoms with Gasteiger partial charge < -0.3 is 0 Å². The smallest absolute Gasteiger partial charge is 0.296 e. The van der Waals surface area contributed by atoms with Gasteiger partial charge >= 0.3 is 5.69 Å². The van der Waals surface area contributed by atoms with Gasteiger partial charge in [-0.1, -0.05) is 47.6 Å². The lowest BCUT2D eigenvalue weighted by atomic mass is 10.1. The minimum Gasteiger partial charge on any atom is -0.296 e. The van der Waals surface area contributed by atoms with Gasteiger partial charge in [0.25, 0.3) is 0 Å². The highest BCUT2D eigenvalue weighted by atomic mass is 32.1. The van der Waals surface area contributed by atoms with E-state index in [1.807, 2.05) is 32.0 Å². The lowest BCUT2D eigenvalue weighted by Gasteiger charge is -2.13. The van der Waals surface area contributed by atoms with E-state index < -0.39 is 17.3 Å². The molecule has 0 amide bonds. The van der Waals surface area contributed by atoms with Gasteiger partial charge in [-0.25, -0.2) is 13.6 Å². The zero-order valence-corrected chi connectivity index (χ0v) is 15.3. The predicted molar refractivity (Wildman–Crippen MR) is 100 cm³/mol. The minimum absolute atomic E-state index is 0.148. The highest BCUT2D eigenvalue weighted by molar-refractivity contribution is 7.71. The monoisotopic (exact) mass is 372 g/mol. The molecule has 0 aliphatic carbocycles. The van der Waals surface area contributed by atoms with E-state index in [0.717, 1.165) is 16.7 Å². The molecule has 0 N–H and O–H groups in total. The summed E-state index contributed by atoms with van der Waals surface area (Å²) >= 11 is 5.28. The van der Waals surface area contributed by atoms with Crippen molar-refractivity contribution < 1.29 is 8.78 Å². The van der Waals surface area contributed by atoms with Crippen LogP contribution in [0.1, 0.15) is 22.3 Å². The molecular formula is C20H18F2N2OS. The standard InChI is InChI=1S/C20H18F2N2OS/c1-13-8-14(2)10-15(9-13)11-24-19(26)6-7-23(20(24)25)12-16-17(21)4-3-5-18(16)22/h3-10H,11-12H2,1-2H3. The number of aryl methyl sites for hydroxylation is 2. The molecule has 0 aliphatic rings.